The van der Waals surface area contributed by atoms with E-state index >= 15 is 0 Å². The predicted molar refractivity (Wildman–Crippen MR) is 179 cm³/mol. The molecular weight excluding hydrogens is 604 g/mol. The van der Waals surface area contributed by atoms with Crippen molar-refractivity contribution in [1.82, 2.24) is 29.6 Å². The van der Waals surface area contributed by atoms with Crippen LogP contribution in [0.1, 0.15) is 77.4 Å². The number of carbonyl (C=O) groups is 3. The molecule has 1 N–H and O–H groups in total. The van der Waals surface area contributed by atoms with Crippen LogP contribution >= 0.6 is 11.3 Å². The maximum Gasteiger partial charge on any atom is 0.272 e. The van der Waals surface area contributed by atoms with Crippen molar-refractivity contribution in [2.45, 2.75) is 91.1 Å². The van der Waals surface area contributed by atoms with Crippen LogP contribution in [0.5, 0.6) is 0 Å². The van der Waals surface area contributed by atoms with E-state index in [0.717, 1.165) is 38.9 Å². The first-order valence-corrected chi connectivity index (χ1v) is 17.4. The standard InChI is InChI=1S/C34H52N6O5S/c1-24(2)19-28-33(44)39-27(20-34(3,4)5)32(43)38(26-14-17-37(21-26)16-8-9-18-41)22-30(39)40(45-28)31(42)13-12-29-35-25(23-46-29)11-10-15-36(6)7/h12-13,23-24,26-28,30,41H,8-9,14-22H2,1-7H3/b13-12+/t26-,27-,28+,30-/m0/s1. The Morgan fingerprint density at radius 3 is 2.65 bits per heavy atom. The molecule has 4 atom stereocenters. The molecule has 11 nitrogen and oxygen atoms in total. The summed E-state index contributed by atoms with van der Waals surface area (Å²) in [5.41, 5.74) is 0.411. The molecule has 12 heteroatoms. The van der Waals surface area contributed by atoms with Gasteiger partial charge >= 0.3 is 0 Å². The fourth-order valence-electron chi connectivity index (χ4n) is 6.29. The second-order valence-electron chi connectivity index (χ2n) is 14.5. The van der Waals surface area contributed by atoms with Crippen LogP contribution in [0.3, 0.4) is 0 Å². The average Bonchev–Trinajstić information content (AvgIpc) is 3.63. The van der Waals surface area contributed by atoms with Crippen molar-refractivity contribution in [3.05, 3.63) is 22.2 Å². The Balaban J connectivity index is 1.62. The first kappa shape index (κ1) is 36.0. The molecule has 46 heavy (non-hydrogen) atoms. The minimum absolute atomic E-state index is 0.0235. The highest BCUT2D eigenvalue weighted by Crippen LogP contribution is 2.36. The molecule has 0 radical (unpaired) electrons. The molecule has 0 aliphatic carbocycles. The third-order valence-electron chi connectivity index (χ3n) is 8.41. The molecule has 4 rings (SSSR count). The third kappa shape index (κ3) is 9.38. The lowest BCUT2D eigenvalue weighted by atomic mass is 9.85. The van der Waals surface area contributed by atoms with Gasteiger partial charge < -0.3 is 19.8 Å². The lowest BCUT2D eigenvalue weighted by Crippen LogP contribution is -2.74. The summed E-state index contributed by atoms with van der Waals surface area (Å²) in [5.74, 6) is 5.58. The SMILES string of the molecule is CC(C)C[C@H]1ON(C(=O)/C=C/c2nc(C#CCN(C)C)cs2)[C@H]2CN([C@H]3CCN(CCCCO)C3)C(=O)[C@H](CC(C)(C)C)N2C1=O. The summed E-state index contributed by atoms with van der Waals surface area (Å²) in [6.07, 6.45) is 4.87. The Morgan fingerprint density at radius 1 is 1.22 bits per heavy atom. The van der Waals surface area contributed by atoms with Gasteiger partial charge in [-0.1, -0.05) is 40.5 Å². The first-order valence-electron chi connectivity index (χ1n) is 16.5. The molecule has 0 aromatic carbocycles. The van der Waals surface area contributed by atoms with Gasteiger partial charge in [0.25, 0.3) is 11.8 Å². The monoisotopic (exact) mass is 656 g/mol. The molecule has 3 saturated heterocycles. The summed E-state index contributed by atoms with van der Waals surface area (Å²) >= 11 is 1.40. The van der Waals surface area contributed by atoms with E-state index in [9.17, 15) is 19.5 Å². The largest absolute Gasteiger partial charge is 0.396 e. The van der Waals surface area contributed by atoms with Gasteiger partial charge in [-0.2, -0.15) is 5.06 Å². The number of aromatic nitrogens is 1. The lowest BCUT2D eigenvalue weighted by Gasteiger charge is -2.54. The Morgan fingerprint density at radius 2 is 1.98 bits per heavy atom. The zero-order valence-corrected chi connectivity index (χ0v) is 29.4. The minimum atomic E-state index is -0.859. The van der Waals surface area contributed by atoms with Gasteiger partial charge in [-0.25, -0.2) is 4.98 Å². The summed E-state index contributed by atoms with van der Waals surface area (Å²) in [5, 5.41) is 13.0. The van der Waals surface area contributed by atoms with Crippen LogP contribution in [-0.2, 0) is 19.2 Å². The molecule has 3 amide bonds. The number of unbranched alkanes of at least 4 members (excludes halogenated alkanes) is 1. The maximum absolute atomic E-state index is 14.3. The van der Waals surface area contributed by atoms with Crippen molar-refractivity contribution >= 4 is 35.1 Å². The number of aliphatic hydroxyl groups excluding tert-OH is 1. The molecule has 3 aliphatic heterocycles. The number of aliphatic hydroxyl groups is 1. The van der Waals surface area contributed by atoms with E-state index in [1.807, 2.05) is 43.1 Å². The normalized spacial score (nSPS) is 24.3. The van der Waals surface area contributed by atoms with E-state index < -0.39 is 24.2 Å². The van der Waals surface area contributed by atoms with Gasteiger partial charge in [0.15, 0.2) is 12.3 Å². The van der Waals surface area contributed by atoms with Gasteiger partial charge in [-0.3, -0.25) is 24.1 Å². The first-order chi connectivity index (χ1) is 21.8. The lowest BCUT2D eigenvalue weighted by molar-refractivity contribution is -0.275. The average molecular weight is 657 g/mol. The van der Waals surface area contributed by atoms with Crippen molar-refractivity contribution in [3.8, 4) is 11.8 Å². The van der Waals surface area contributed by atoms with Gasteiger partial charge in [0.2, 0.25) is 5.91 Å². The number of hydrogen-bond donors (Lipinski definition) is 1. The predicted octanol–water partition coefficient (Wildman–Crippen LogP) is 2.91. The Kier molecular flexibility index (Phi) is 12.4. The van der Waals surface area contributed by atoms with Crippen molar-refractivity contribution in [2.75, 3.05) is 53.4 Å². The third-order valence-corrected chi connectivity index (χ3v) is 9.22. The van der Waals surface area contributed by atoms with E-state index in [1.54, 1.807) is 11.0 Å². The molecule has 0 unspecified atom stereocenters. The fraction of sp³-hybridized carbons (Fsp3) is 0.706. The van der Waals surface area contributed by atoms with Crippen LogP contribution in [0.4, 0.5) is 0 Å². The number of piperazine rings is 1. The van der Waals surface area contributed by atoms with Crippen LogP contribution in [0.15, 0.2) is 11.5 Å². The van der Waals surface area contributed by atoms with Crippen molar-refractivity contribution in [1.29, 1.82) is 0 Å². The number of amides is 3. The Labute approximate surface area is 278 Å². The second kappa shape index (κ2) is 15.8. The number of carbonyl (C=O) groups excluding carboxylic acids is 3. The summed E-state index contributed by atoms with van der Waals surface area (Å²) < 4.78 is 0. The second-order valence-corrected chi connectivity index (χ2v) is 15.4. The Bertz CT molecular complexity index is 1310. The van der Waals surface area contributed by atoms with E-state index in [4.69, 9.17) is 4.84 Å². The molecule has 3 fully saturated rings. The zero-order chi connectivity index (χ0) is 33.6. The van der Waals surface area contributed by atoms with E-state index in [0.29, 0.717) is 30.1 Å². The van der Waals surface area contributed by atoms with E-state index in [1.165, 1.54) is 22.5 Å². The maximum atomic E-state index is 14.3. The number of nitrogens with zero attached hydrogens (tertiary/aromatic N) is 6. The van der Waals surface area contributed by atoms with Gasteiger partial charge in [-0.15, -0.1) is 11.3 Å². The summed E-state index contributed by atoms with van der Waals surface area (Å²) in [6, 6.07) is -0.723. The molecule has 1 aromatic heterocycles. The van der Waals surface area contributed by atoms with Gasteiger partial charge in [0.1, 0.15) is 16.7 Å². The van der Waals surface area contributed by atoms with Gasteiger partial charge in [0, 0.05) is 37.2 Å². The van der Waals surface area contributed by atoms with Crippen molar-refractivity contribution in [3.63, 3.8) is 0 Å². The highest BCUT2D eigenvalue weighted by Gasteiger charge is 2.54. The van der Waals surface area contributed by atoms with Crippen molar-refractivity contribution < 1.29 is 24.3 Å². The number of thiazole rings is 1. The molecule has 0 spiro atoms. The van der Waals surface area contributed by atoms with Crippen LogP contribution in [0.25, 0.3) is 6.08 Å². The summed E-state index contributed by atoms with van der Waals surface area (Å²) in [7, 11) is 3.91. The van der Waals surface area contributed by atoms with Gasteiger partial charge in [-0.05, 0) is 76.1 Å². The topological polar surface area (TPSA) is 110 Å². The van der Waals surface area contributed by atoms with Crippen molar-refractivity contribution in [2.24, 2.45) is 11.3 Å². The molecular formula is C34H52N6O5S. The van der Waals surface area contributed by atoms with Gasteiger partial charge in [0.05, 0.1) is 13.1 Å². The van der Waals surface area contributed by atoms with Crippen LogP contribution in [0, 0.1) is 23.2 Å². The van der Waals surface area contributed by atoms with Crippen LogP contribution in [-0.4, -0.2) is 130 Å². The smallest absolute Gasteiger partial charge is 0.272 e. The molecule has 3 aliphatic rings. The van der Waals surface area contributed by atoms with E-state index in [-0.39, 0.29) is 42.3 Å². The molecule has 0 bridgehead atoms. The quantitative estimate of drug-likeness (QED) is 0.220. The highest BCUT2D eigenvalue weighted by atomic mass is 32.1. The molecule has 0 saturated carbocycles. The number of hydroxylamine groups is 2. The number of hydrogen-bond acceptors (Lipinski definition) is 9. The highest BCUT2D eigenvalue weighted by molar-refractivity contribution is 7.10. The molecule has 254 valence electrons. The summed E-state index contributed by atoms with van der Waals surface area (Å²) in [4.78, 5) is 60.9. The Hall–Kier alpha value is -2.82. The molecule has 4 heterocycles. The van der Waals surface area contributed by atoms with Crippen LogP contribution in [0.2, 0.25) is 0 Å². The number of rotatable bonds is 11. The summed E-state index contributed by atoms with van der Waals surface area (Å²) in [6.45, 7) is 13.7. The zero-order valence-electron chi connectivity index (χ0n) is 28.6. The van der Waals surface area contributed by atoms with E-state index in [2.05, 4.69) is 42.5 Å². The molecule has 1 aromatic rings. The van der Waals surface area contributed by atoms with Crippen LogP contribution < -0.4 is 0 Å². The number of likely N-dealkylation sites (tertiary alicyclic amines) is 1. The fourth-order valence-corrected chi connectivity index (χ4v) is 6.93. The minimum Gasteiger partial charge on any atom is -0.396 e. The number of fused-ring (bicyclic) bond motifs is 1.